The first-order valence-electron chi connectivity index (χ1n) is 4.22. The van der Waals surface area contributed by atoms with Crippen LogP contribution in [0.15, 0.2) is 6.20 Å². The fourth-order valence-electron chi connectivity index (χ4n) is 0.839. The first-order chi connectivity index (χ1) is 5.74. The molecule has 1 aromatic rings. The molecule has 1 aromatic heterocycles. The largest absolute Gasteiger partial charge is 0.375 e. The standard InChI is InChI=1S/C8H15N3O/c1-4-12-6-8-5-11(7(2)3)10-9-8/h5,7H,4,6H2,1-3H3. The second kappa shape index (κ2) is 4.21. The van der Waals surface area contributed by atoms with Gasteiger partial charge in [0.05, 0.1) is 12.8 Å². The molecule has 0 bridgehead atoms. The molecule has 0 aliphatic rings. The Bertz CT molecular complexity index is 232. The summed E-state index contributed by atoms with van der Waals surface area (Å²) in [5, 5.41) is 7.92. The Kier molecular flexibility index (Phi) is 3.22. The second-order valence-electron chi connectivity index (χ2n) is 2.92. The second-order valence-corrected chi connectivity index (χ2v) is 2.92. The minimum atomic E-state index is 0.368. The quantitative estimate of drug-likeness (QED) is 0.684. The summed E-state index contributed by atoms with van der Waals surface area (Å²) in [4.78, 5) is 0. The monoisotopic (exact) mass is 169 g/mol. The highest BCUT2D eigenvalue weighted by Gasteiger charge is 2.02. The van der Waals surface area contributed by atoms with Gasteiger partial charge in [0.15, 0.2) is 0 Å². The SMILES string of the molecule is CCOCc1cn(C(C)C)nn1. The summed E-state index contributed by atoms with van der Waals surface area (Å²) in [6, 6.07) is 0.368. The number of rotatable bonds is 4. The predicted octanol–water partition coefficient (Wildman–Crippen LogP) is 1.40. The van der Waals surface area contributed by atoms with Gasteiger partial charge in [0.2, 0.25) is 0 Å². The first-order valence-corrected chi connectivity index (χ1v) is 4.22. The van der Waals surface area contributed by atoms with Crippen LogP contribution in [0.3, 0.4) is 0 Å². The van der Waals surface area contributed by atoms with Crippen LogP contribution >= 0.6 is 0 Å². The van der Waals surface area contributed by atoms with Crippen LogP contribution in [0, 0.1) is 0 Å². The fraction of sp³-hybridized carbons (Fsp3) is 0.750. The van der Waals surface area contributed by atoms with Gasteiger partial charge in [-0.25, -0.2) is 4.68 Å². The molecule has 1 rings (SSSR count). The lowest BCUT2D eigenvalue weighted by Gasteiger charge is -2.01. The summed E-state index contributed by atoms with van der Waals surface area (Å²) in [6.45, 7) is 7.38. The Labute approximate surface area is 72.5 Å². The summed E-state index contributed by atoms with van der Waals surface area (Å²) in [5.41, 5.74) is 0.894. The number of ether oxygens (including phenoxy) is 1. The van der Waals surface area contributed by atoms with Gasteiger partial charge < -0.3 is 4.74 Å². The average Bonchev–Trinajstić information content (AvgIpc) is 2.48. The van der Waals surface area contributed by atoms with Crippen LogP contribution in [0.1, 0.15) is 32.5 Å². The minimum Gasteiger partial charge on any atom is -0.375 e. The van der Waals surface area contributed by atoms with Crippen LogP contribution in [-0.2, 0) is 11.3 Å². The van der Waals surface area contributed by atoms with E-state index in [2.05, 4.69) is 24.2 Å². The molecule has 0 aliphatic heterocycles. The Balaban J connectivity index is 2.52. The molecule has 0 fully saturated rings. The van der Waals surface area contributed by atoms with E-state index in [1.807, 2.05) is 17.8 Å². The Hall–Kier alpha value is -0.900. The Morgan fingerprint density at radius 2 is 2.33 bits per heavy atom. The molecule has 0 aliphatic carbocycles. The van der Waals surface area contributed by atoms with Gasteiger partial charge in [-0.3, -0.25) is 0 Å². The van der Waals surface area contributed by atoms with Crippen molar-refractivity contribution in [3.05, 3.63) is 11.9 Å². The number of hydrogen-bond donors (Lipinski definition) is 0. The average molecular weight is 169 g/mol. The molecule has 0 atom stereocenters. The normalized spacial score (nSPS) is 11.0. The van der Waals surface area contributed by atoms with Crippen LogP contribution in [0.5, 0.6) is 0 Å². The molecule has 68 valence electrons. The lowest BCUT2D eigenvalue weighted by molar-refractivity contribution is 0.131. The van der Waals surface area contributed by atoms with E-state index in [0.29, 0.717) is 19.3 Å². The van der Waals surface area contributed by atoms with Crippen molar-refractivity contribution in [2.45, 2.75) is 33.4 Å². The zero-order valence-corrected chi connectivity index (χ0v) is 7.82. The van der Waals surface area contributed by atoms with Crippen molar-refractivity contribution < 1.29 is 4.74 Å². The number of nitrogens with zero attached hydrogens (tertiary/aromatic N) is 3. The van der Waals surface area contributed by atoms with Gasteiger partial charge >= 0.3 is 0 Å². The van der Waals surface area contributed by atoms with Crippen molar-refractivity contribution in [1.29, 1.82) is 0 Å². The maximum Gasteiger partial charge on any atom is 0.108 e. The highest BCUT2D eigenvalue weighted by Crippen LogP contribution is 2.03. The molecular weight excluding hydrogens is 154 g/mol. The molecule has 0 N–H and O–H groups in total. The predicted molar refractivity (Wildman–Crippen MR) is 45.7 cm³/mol. The molecule has 0 saturated heterocycles. The molecule has 0 unspecified atom stereocenters. The van der Waals surface area contributed by atoms with Crippen molar-refractivity contribution in [3.8, 4) is 0 Å². The Morgan fingerprint density at radius 1 is 1.58 bits per heavy atom. The molecule has 4 nitrogen and oxygen atoms in total. The maximum absolute atomic E-state index is 5.20. The molecular formula is C8H15N3O. The van der Waals surface area contributed by atoms with Crippen LogP contribution < -0.4 is 0 Å². The van der Waals surface area contributed by atoms with Gasteiger partial charge in [-0.15, -0.1) is 5.10 Å². The van der Waals surface area contributed by atoms with Gasteiger partial charge in [-0.05, 0) is 20.8 Å². The van der Waals surface area contributed by atoms with Crippen LogP contribution in [0.4, 0.5) is 0 Å². The third kappa shape index (κ3) is 2.30. The number of hydrogen-bond acceptors (Lipinski definition) is 3. The van der Waals surface area contributed by atoms with E-state index < -0.39 is 0 Å². The van der Waals surface area contributed by atoms with Gasteiger partial charge in [0.1, 0.15) is 5.69 Å². The maximum atomic E-state index is 5.20. The zero-order chi connectivity index (χ0) is 8.97. The summed E-state index contributed by atoms with van der Waals surface area (Å²) in [7, 11) is 0. The molecule has 12 heavy (non-hydrogen) atoms. The van der Waals surface area contributed by atoms with E-state index in [-0.39, 0.29) is 0 Å². The van der Waals surface area contributed by atoms with Crippen LogP contribution in [0.2, 0.25) is 0 Å². The summed E-state index contributed by atoms with van der Waals surface area (Å²) in [5.74, 6) is 0. The highest BCUT2D eigenvalue weighted by atomic mass is 16.5. The zero-order valence-electron chi connectivity index (χ0n) is 7.82. The van der Waals surface area contributed by atoms with Crippen LogP contribution in [-0.4, -0.2) is 21.6 Å². The summed E-state index contributed by atoms with van der Waals surface area (Å²) in [6.07, 6.45) is 1.92. The Morgan fingerprint density at radius 3 is 2.83 bits per heavy atom. The molecule has 1 heterocycles. The lowest BCUT2D eigenvalue weighted by Crippen LogP contribution is -2.00. The van der Waals surface area contributed by atoms with Gasteiger partial charge in [0.25, 0.3) is 0 Å². The van der Waals surface area contributed by atoms with Crippen molar-refractivity contribution in [2.75, 3.05) is 6.61 Å². The molecule has 0 aromatic carbocycles. The lowest BCUT2D eigenvalue weighted by atomic mass is 10.4. The van der Waals surface area contributed by atoms with Crippen molar-refractivity contribution in [2.24, 2.45) is 0 Å². The highest BCUT2D eigenvalue weighted by molar-refractivity contribution is 4.90. The van der Waals surface area contributed by atoms with Crippen molar-refractivity contribution >= 4 is 0 Å². The van der Waals surface area contributed by atoms with E-state index in [9.17, 15) is 0 Å². The van der Waals surface area contributed by atoms with E-state index in [1.165, 1.54) is 0 Å². The fourth-order valence-corrected chi connectivity index (χ4v) is 0.839. The molecule has 0 spiro atoms. The third-order valence-electron chi connectivity index (χ3n) is 1.54. The minimum absolute atomic E-state index is 0.368. The molecule has 4 heteroatoms. The molecule has 0 amide bonds. The van der Waals surface area contributed by atoms with Gasteiger partial charge in [-0.2, -0.15) is 0 Å². The van der Waals surface area contributed by atoms with Gasteiger partial charge in [0, 0.05) is 12.6 Å². The van der Waals surface area contributed by atoms with E-state index >= 15 is 0 Å². The smallest absolute Gasteiger partial charge is 0.108 e. The van der Waals surface area contributed by atoms with Crippen molar-refractivity contribution in [3.63, 3.8) is 0 Å². The summed E-state index contributed by atoms with van der Waals surface area (Å²) < 4.78 is 7.02. The van der Waals surface area contributed by atoms with E-state index in [4.69, 9.17) is 4.74 Å². The van der Waals surface area contributed by atoms with Crippen molar-refractivity contribution in [1.82, 2.24) is 15.0 Å². The molecule has 0 radical (unpaired) electrons. The van der Waals surface area contributed by atoms with E-state index in [1.54, 1.807) is 0 Å². The van der Waals surface area contributed by atoms with Gasteiger partial charge in [-0.1, -0.05) is 5.21 Å². The topological polar surface area (TPSA) is 39.9 Å². The third-order valence-corrected chi connectivity index (χ3v) is 1.54. The molecule has 0 saturated carbocycles. The number of aromatic nitrogens is 3. The first kappa shape index (κ1) is 9.19. The van der Waals surface area contributed by atoms with Crippen LogP contribution in [0.25, 0.3) is 0 Å². The summed E-state index contributed by atoms with van der Waals surface area (Å²) >= 11 is 0. The van der Waals surface area contributed by atoms with E-state index in [0.717, 1.165) is 5.69 Å².